The van der Waals surface area contributed by atoms with E-state index in [1.54, 1.807) is 0 Å². The highest BCUT2D eigenvalue weighted by molar-refractivity contribution is 5.91. The zero-order chi connectivity index (χ0) is 17.0. The molecule has 0 radical (unpaired) electrons. The molecule has 4 heteroatoms. The summed E-state index contributed by atoms with van der Waals surface area (Å²) in [7, 11) is 4.06. The molecule has 128 valence electrons. The molecule has 1 saturated heterocycles. The van der Waals surface area contributed by atoms with E-state index >= 15 is 0 Å². The number of hydrogen-bond acceptors (Lipinski definition) is 2. The van der Waals surface area contributed by atoms with E-state index in [-0.39, 0.29) is 6.03 Å². The number of rotatable bonds is 4. The van der Waals surface area contributed by atoms with E-state index in [1.807, 2.05) is 11.9 Å². The lowest BCUT2D eigenvalue weighted by molar-refractivity contribution is 0.170. The Balaban J connectivity index is 2.01. The number of benzene rings is 1. The average molecular weight is 317 g/mol. The fraction of sp³-hybridized carbons (Fsp3) is 0.632. The van der Waals surface area contributed by atoms with Crippen molar-refractivity contribution in [1.82, 2.24) is 9.80 Å². The van der Waals surface area contributed by atoms with Crippen molar-refractivity contribution in [3.05, 3.63) is 29.3 Å². The smallest absolute Gasteiger partial charge is 0.321 e. The Morgan fingerprint density at radius 2 is 2.17 bits per heavy atom. The van der Waals surface area contributed by atoms with Gasteiger partial charge in [0.25, 0.3) is 0 Å². The molecule has 0 aromatic heterocycles. The van der Waals surface area contributed by atoms with Gasteiger partial charge in [0.2, 0.25) is 0 Å². The molecule has 0 aliphatic carbocycles. The van der Waals surface area contributed by atoms with Crippen LogP contribution < -0.4 is 5.32 Å². The maximum Gasteiger partial charge on any atom is 0.321 e. The average Bonchev–Trinajstić information content (AvgIpc) is 2.48. The lowest BCUT2D eigenvalue weighted by atomic mass is 9.97. The van der Waals surface area contributed by atoms with Gasteiger partial charge in [0.1, 0.15) is 0 Å². The van der Waals surface area contributed by atoms with Crippen LogP contribution in [0.25, 0.3) is 0 Å². The van der Waals surface area contributed by atoms with E-state index in [9.17, 15) is 4.79 Å². The third-order valence-corrected chi connectivity index (χ3v) is 4.76. The monoisotopic (exact) mass is 317 g/mol. The van der Waals surface area contributed by atoms with Crippen molar-refractivity contribution in [2.24, 2.45) is 5.92 Å². The first kappa shape index (κ1) is 17.8. The van der Waals surface area contributed by atoms with E-state index in [2.05, 4.69) is 56.2 Å². The summed E-state index contributed by atoms with van der Waals surface area (Å²) in [5.74, 6) is 0.966. The number of para-hydroxylation sites is 1. The van der Waals surface area contributed by atoms with Crippen LogP contribution in [0.5, 0.6) is 0 Å². The lowest BCUT2D eigenvalue weighted by Gasteiger charge is -2.32. The van der Waals surface area contributed by atoms with Crippen molar-refractivity contribution >= 4 is 11.7 Å². The minimum absolute atomic E-state index is 0.00516. The van der Waals surface area contributed by atoms with Gasteiger partial charge in [-0.15, -0.1) is 0 Å². The molecular weight excluding hydrogens is 286 g/mol. The maximum atomic E-state index is 12.6. The standard InChI is InChI=1S/C19H31N3O/c1-14(2)17-10-6-8-15(3)18(17)20-19(23)22(5)13-16-9-7-11-21(4)12-16/h6,8,10,14,16H,7,9,11-13H2,1-5H3,(H,20,23). The molecule has 0 spiro atoms. The van der Waals surface area contributed by atoms with E-state index < -0.39 is 0 Å². The number of amides is 2. The van der Waals surface area contributed by atoms with Crippen LogP contribution in [-0.2, 0) is 0 Å². The molecule has 2 rings (SSSR count). The highest BCUT2D eigenvalue weighted by Crippen LogP contribution is 2.27. The molecule has 1 aromatic carbocycles. The number of nitrogens with one attached hydrogen (secondary N) is 1. The van der Waals surface area contributed by atoms with Crippen molar-refractivity contribution in [3.63, 3.8) is 0 Å². The van der Waals surface area contributed by atoms with Gasteiger partial charge in [-0.3, -0.25) is 0 Å². The number of urea groups is 1. The number of aryl methyl sites for hydroxylation is 1. The third kappa shape index (κ3) is 4.71. The van der Waals surface area contributed by atoms with Gasteiger partial charge in [0.05, 0.1) is 0 Å². The molecule has 0 bridgehead atoms. The van der Waals surface area contributed by atoms with Gasteiger partial charge in [0.15, 0.2) is 0 Å². The van der Waals surface area contributed by atoms with Crippen LogP contribution in [0, 0.1) is 12.8 Å². The van der Waals surface area contributed by atoms with Gasteiger partial charge in [-0.1, -0.05) is 32.0 Å². The first-order valence-electron chi connectivity index (χ1n) is 8.68. The van der Waals surface area contributed by atoms with Gasteiger partial charge in [-0.25, -0.2) is 4.79 Å². The highest BCUT2D eigenvalue weighted by Gasteiger charge is 2.21. The van der Waals surface area contributed by atoms with Gasteiger partial charge in [-0.2, -0.15) is 0 Å². The predicted octanol–water partition coefficient (Wildman–Crippen LogP) is 3.92. The molecule has 0 saturated carbocycles. The van der Waals surface area contributed by atoms with Crippen LogP contribution >= 0.6 is 0 Å². The summed E-state index contributed by atoms with van der Waals surface area (Å²) in [5, 5.41) is 3.13. The Morgan fingerprint density at radius 1 is 1.43 bits per heavy atom. The molecule has 1 unspecified atom stereocenters. The Bertz CT molecular complexity index is 541. The second kappa shape index (κ2) is 7.82. The lowest BCUT2D eigenvalue weighted by Crippen LogP contribution is -2.41. The molecule has 1 heterocycles. The SMILES string of the molecule is Cc1cccc(C(C)C)c1NC(=O)N(C)CC1CCCN(C)C1. The first-order chi connectivity index (χ1) is 10.9. The van der Waals surface area contributed by atoms with Crippen molar-refractivity contribution in [1.29, 1.82) is 0 Å². The normalized spacial score (nSPS) is 19.0. The zero-order valence-electron chi connectivity index (χ0n) is 15.2. The van der Waals surface area contributed by atoms with E-state index in [0.717, 1.165) is 24.3 Å². The van der Waals surface area contributed by atoms with Crippen molar-refractivity contribution in [2.45, 2.75) is 39.5 Å². The van der Waals surface area contributed by atoms with Crippen LogP contribution in [-0.4, -0.2) is 49.6 Å². The zero-order valence-corrected chi connectivity index (χ0v) is 15.2. The number of nitrogens with zero attached hydrogens (tertiary/aromatic N) is 2. The Morgan fingerprint density at radius 3 is 2.83 bits per heavy atom. The topological polar surface area (TPSA) is 35.6 Å². The molecule has 1 aromatic rings. The summed E-state index contributed by atoms with van der Waals surface area (Å²) in [4.78, 5) is 16.8. The predicted molar refractivity (Wildman–Crippen MR) is 97.1 cm³/mol. The number of likely N-dealkylation sites (tertiary alicyclic amines) is 1. The molecule has 23 heavy (non-hydrogen) atoms. The molecule has 1 N–H and O–H groups in total. The Labute approximate surface area is 140 Å². The second-order valence-corrected chi connectivity index (χ2v) is 7.28. The summed E-state index contributed by atoms with van der Waals surface area (Å²) in [6.07, 6.45) is 2.44. The number of carbonyl (C=O) groups excluding carboxylic acids is 1. The Kier molecular flexibility index (Phi) is 6.05. The van der Waals surface area contributed by atoms with Crippen molar-refractivity contribution in [2.75, 3.05) is 39.0 Å². The summed E-state index contributed by atoms with van der Waals surface area (Å²) in [5.41, 5.74) is 3.29. The van der Waals surface area contributed by atoms with E-state index in [1.165, 1.54) is 24.9 Å². The second-order valence-electron chi connectivity index (χ2n) is 7.28. The molecule has 2 amide bonds. The van der Waals surface area contributed by atoms with Gasteiger partial charge in [-0.05, 0) is 56.3 Å². The summed E-state index contributed by atoms with van der Waals surface area (Å²) in [6.45, 7) is 9.45. The molecule has 1 aliphatic rings. The van der Waals surface area contributed by atoms with E-state index in [4.69, 9.17) is 0 Å². The van der Waals surface area contributed by atoms with Gasteiger partial charge < -0.3 is 15.1 Å². The van der Waals surface area contributed by atoms with E-state index in [0.29, 0.717) is 11.8 Å². The number of anilines is 1. The van der Waals surface area contributed by atoms with Gasteiger partial charge >= 0.3 is 6.03 Å². The minimum Gasteiger partial charge on any atom is -0.327 e. The van der Waals surface area contributed by atoms with Crippen molar-refractivity contribution < 1.29 is 4.79 Å². The number of hydrogen-bond donors (Lipinski definition) is 1. The van der Waals surface area contributed by atoms with Crippen LogP contribution in [0.1, 0.15) is 43.7 Å². The van der Waals surface area contributed by atoms with Crippen LogP contribution in [0.2, 0.25) is 0 Å². The molecule has 1 fully saturated rings. The fourth-order valence-corrected chi connectivity index (χ4v) is 3.44. The third-order valence-electron chi connectivity index (χ3n) is 4.76. The molecular formula is C19H31N3O. The largest absolute Gasteiger partial charge is 0.327 e. The first-order valence-corrected chi connectivity index (χ1v) is 8.68. The van der Waals surface area contributed by atoms with Gasteiger partial charge in [0, 0.05) is 25.8 Å². The summed E-state index contributed by atoms with van der Waals surface area (Å²) < 4.78 is 0. The quantitative estimate of drug-likeness (QED) is 0.913. The van der Waals surface area contributed by atoms with Crippen LogP contribution in [0.4, 0.5) is 10.5 Å². The number of piperidine rings is 1. The molecule has 1 aliphatic heterocycles. The minimum atomic E-state index is -0.00516. The van der Waals surface area contributed by atoms with Crippen LogP contribution in [0.15, 0.2) is 18.2 Å². The summed E-state index contributed by atoms with van der Waals surface area (Å²) >= 11 is 0. The number of carbonyl (C=O) groups is 1. The Hall–Kier alpha value is -1.55. The molecule has 4 nitrogen and oxygen atoms in total. The highest BCUT2D eigenvalue weighted by atomic mass is 16.2. The fourth-order valence-electron chi connectivity index (χ4n) is 3.44. The summed E-state index contributed by atoms with van der Waals surface area (Å²) in [6, 6.07) is 6.21. The van der Waals surface area contributed by atoms with Crippen molar-refractivity contribution in [3.8, 4) is 0 Å². The molecule has 1 atom stereocenters. The maximum absolute atomic E-state index is 12.6. The van der Waals surface area contributed by atoms with Crippen LogP contribution in [0.3, 0.4) is 0 Å².